The maximum atomic E-state index is 2.48. The Labute approximate surface area is 301 Å². The van der Waals surface area contributed by atoms with Gasteiger partial charge in [-0.3, -0.25) is 0 Å². The molecule has 2 aliphatic carbocycles. The zero-order valence-corrected chi connectivity index (χ0v) is 28.6. The first-order chi connectivity index (χ1) is 25.3. The summed E-state index contributed by atoms with van der Waals surface area (Å²) >= 11 is 1.93. The van der Waals surface area contributed by atoms with Crippen molar-refractivity contribution in [2.24, 2.45) is 0 Å². The molecule has 0 fully saturated rings. The van der Waals surface area contributed by atoms with E-state index in [2.05, 4.69) is 193 Å². The topological polar surface area (TPSA) is 3.24 Å². The van der Waals surface area contributed by atoms with E-state index in [4.69, 9.17) is 0 Å². The molecular formula is C49H31NS. The van der Waals surface area contributed by atoms with Gasteiger partial charge < -0.3 is 4.90 Å². The summed E-state index contributed by atoms with van der Waals surface area (Å²) in [7, 11) is 0. The van der Waals surface area contributed by atoms with Gasteiger partial charge in [0.15, 0.2) is 0 Å². The normalized spacial score (nSPS) is 15.1. The summed E-state index contributed by atoms with van der Waals surface area (Å²) < 4.78 is 2.71. The lowest BCUT2D eigenvalue weighted by molar-refractivity contribution is 0.794. The van der Waals surface area contributed by atoms with Gasteiger partial charge in [0, 0.05) is 42.8 Å². The molecule has 1 atom stereocenters. The molecule has 11 rings (SSSR count). The van der Waals surface area contributed by atoms with Crippen LogP contribution in [0.4, 0.5) is 17.1 Å². The molecule has 1 spiro atoms. The van der Waals surface area contributed by atoms with Crippen molar-refractivity contribution in [3.05, 3.63) is 210 Å². The second kappa shape index (κ2) is 10.9. The van der Waals surface area contributed by atoms with Crippen molar-refractivity contribution in [2.75, 3.05) is 4.90 Å². The first-order valence-corrected chi connectivity index (χ1v) is 18.4. The average molecular weight is 666 g/mol. The predicted molar refractivity (Wildman–Crippen MR) is 216 cm³/mol. The lowest BCUT2D eigenvalue weighted by atomic mass is 9.70. The summed E-state index contributed by atoms with van der Waals surface area (Å²) in [6.07, 6.45) is 0. The second-order valence-electron chi connectivity index (χ2n) is 13.6. The SMILES string of the molecule is c1ccc(-c2ccc3c(c2)C2(c4cc(N(c5ccccc5)c5ccccc5)ccc4-3)c3ccccc3-c3c2ccc2c3sc3ccccc32)cc1. The lowest BCUT2D eigenvalue weighted by Crippen LogP contribution is -2.26. The third-order valence-electron chi connectivity index (χ3n) is 11.1. The Bertz CT molecular complexity index is 2760. The Morgan fingerprint density at radius 3 is 1.76 bits per heavy atom. The van der Waals surface area contributed by atoms with Gasteiger partial charge in [-0.2, -0.15) is 0 Å². The van der Waals surface area contributed by atoms with Gasteiger partial charge >= 0.3 is 0 Å². The van der Waals surface area contributed by atoms with Crippen molar-refractivity contribution in [1.29, 1.82) is 0 Å². The maximum Gasteiger partial charge on any atom is 0.0727 e. The van der Waals surface area contributed by atoms with E-state index in [-0.39, 0.29) is 0 Å². The highest BCUT2D eigenvalue weighted by Crippen LogP contribution is 2.65. The Morgan fingerprint density at radius 2 is 1.00 bits per heavy atom. The smallest absolute Gasteiger partial charge is 0.0727 e. The van der Waals surface area contributed by atoms with Gasteiger partial charge in [-0.1, -0.05) is 140 Å². The van der Waals surface area contributed by atoms with E-state index >= 15 is 0 Å². The van der Waals surface area contributed by atoms with Gasteiger partial charge in [0.25, 0.3) is 0 Å². The van der Waals surface area contributed by atoms with Gasteiger partial charge in [0.05, 0.1) is 5.41 Å². The number of benzene rings is 8. The molecule has 1 aromatic heterocycles. The van der Waals surface area contributed by atoms with Gasteiger partial charge in [-0.05, 0) is 98.6 Å². The molecule has 0 radical (unpaired) electrons. The fourth-order valence-corrected chi connectivity index (χ4v) is 10.2. The number of nitrogens with zero attached hydrogens (tertiary/aromatic N) is 1. The minimum absolute atomic E-state index is 0.485. The van der Waals surface area contributed by atoms with Gasteiger partial charge in [0.1, 0.15) is 0 Å². The van der Waals surface area contributed by atoms with Crippen LogP contribution in [-0.4, -0.2) is 0 Å². The van der Waals surface area contributed by atoms with Gasteiger partial charge in [0.2, 0.25) is 0 Å². The van der Waals surface area contributed by atoms with Crippen LogP contribution in [0.15, 0.2) is 188 Å². The molecule has 1 unspecified atom stereocenters. The van der Waals surface area contributed by atoms with Crippen LogP contribution in [0.2, 0.25) is 0 Å². The second-order valence-corrected chi connectivity index (χ2v) is 14.7. The number of rotatable bonds is 4. The van der Waals surface area contributed by atoms with Crippen molar-refractivity contribution < 1.29 is 0 Å². The maximum absolute atomic E-state index is 2.48. The van der Waals surface area contributed by atoms with Crippen LogP contribution < -0.4 is 4.90 Å². The van der Waals surface area contributed by atoms with E-state index in [1.54, 1.807) is 0 Å². The highest BCUT2D eigenvalue weighted by Gasteiger charge is 2.52. The minimum atomic E-state index is -0.485. The lowest BCUT2D eigenvalue weighted by Gasteiger charge is -2.32. The molecule has 2 aliphatic rings. The summed E-state index contributed by atoms with van der Waals surface area (Å²) in [5.74, 6) is 0. The molecule has 0 bridgehead atoms. The number of anilines is 3. The molecule has 8 aromatic carbocycles. The summed E-state index contributed by atoms with van der Waals surface area (Å²) in [5, 5.41) is 2.67. The Balaban J connectivity index is 1.26. The molecule has 0 N–H and O–H groups in total. The Morgan fingerprint density at radius 1 is 0.373 bits per heavy atom. The monoisotopic (exact) mass is 665 g/mol. The van der Waals surface area contributed by atoms with Crippen LogP contribution in [0.25, 0.3) is 53.6 Å². The zero-order chi connectivity index (χ0) is 33.5. The molecule has 1 nitrogen and oxygen atoms in total. The number of hydrogen-bond donors (Lipinski definition) is 0. The van der Waals surface area contributed by atoms with Gasteiger partial charge in [-0.15, -0.1) is 11.3 Å². The van der Waals surface area contributed by atoms with Crippen LogP contribution in [0.3, 0.4) is 0 Å². The number of thiophene rings is 1. The molecule has 51 heavy (non-hydrogen) atoms. The first-order valence-electron chi connectivity index (χ1n) is 17.6. The molecule has 0 aliphatic heterocycles. The molecule has 0 amide bonds. The Hall–Kier alpha value is -6.22. The number of fused-ring (bicyclic) bond motifs is 14. The molecule has 0 saturated heterocycles. The van der Waals surface area contributed by atoms with E-state index in [1.807, 2.05) is 11.3 Å². The van der Waals surface area contributed by atoms with Crippen LogP contribution >= 0.6 is 11.3 Å². The van der Waals surface area contributed by atoms with Crippen molar-refractivity contribution in [1.82, 2.24) is 0 Å². The number of hydrogen-bond acceptors (Lipinski definition) is 2. The number of para-hydroxylation sites is 2. The van der Waals surface area contributed by atoms with Crippen LogP contribution in [0.1, 0.15) is 22.3 Å². The van der Waals surface area contributed by atoms with Crippen LogP contribution in [0.5, 0.6) is 0 Å². The molecule has 1 heterocycles. The fourth-order valence-electron chi connectivity index (χ4n) is 8.98. The molecule has 0 saturated carbocycles. The first kappa shape index (κ1) is 28.6. The predicted octanol–water partition coefficient (Wildman–Crippen LogP) is 13.5. The van der Waals surface area contributed by atoms with Crippen molar-refractivity contribution in [3.63, 3.8) is 0 Å². The fraction of sp³-hybridized carbons (Fsp3) is 0.0204. The van der Waals surface area contributed by atoms with E-state index in [9.17, 15) is 0 Å². The molecule has 2 heteroatoms. The summed E-state index contributed by atoms with van der Waals surface area (Å²) in [4.78, 5) is 2.39. The summed E-state index contributed by atoms with van der Waals surface area (Å²) in [5.41, 5.74) is 16.2. The third kappa shape index (κ3) is 3.97. The van der Waals surface area contributed by atoms with E-state index in [0.29, 0.717) is 0 Å². The molecule has 238 valence electrons. The minimum Gasteiger partial charge on any atom is -0.310 e. The third-order valence-corrected chi connectivity index (χ3v) is 12.3. The summed E-state index contributed by atoms with van der Waals surface area (Å²) in [6.45, 7) is 0. The average Bonchev–Trinajstić information content (AvgIpc) is 3.83. The molecule has 9 aromatic rings. The largest absolute Gasteiger partial charge is 0.310 e. The quantitative estimate of drug-likeness (QED) is 0.181. The van der Waals surface area contributed by atoms with Crippen LogP contribution in [0, 0.1) is 0 Å². The summed E-state index contributed by atoms with van der Waals surface area (Å²) in [6, 6.07) is 69.6. The zero-order valence-electron chi connectivity index (χ0n) is 27.8. The van der Waals surface area contributed by atoms with E-state index in [1.165, 1.54) is 75.8 Å². The van der Waals surface area contributed by atoms with Crippen molar-refractivity contribution in [3.8, 4) is 33.4 Å². The van der Waals surface area contributed by atoms with Crippen molar-refractivity contribution in [2.45, 2.75) is 5.41 Å². The van der Waals surface area contributed by atoms with Crippen molar-refractivity contribution >= 4 is 48.6 Å². The Kier molecular flexibility index (Phi) is 6.11. The standard InChI is InChI=1S/C49H31NS/c1-4-14-32(15-5-1)33-24-26-37-38-27-25-36(50(34-16-6-2-7-17-34)35-18-8-3-9-19-35)31-45(38)49(44(37)30-33)42-22-12-10-21-41(42)47-43(49)29-28-40-39-20-11-13-23-46(39)51-48(40)47/h1-31H. The van der Waals surface area contributed by atoms with Crippen LogP contribution in [-0.2, 0) is 5.41 Å². The highest BCUT2D eigenvalue weighted by atomic mass is 32.1. The van der Waals surface area contributed by atoms with Gasteiger partial charge in [-0.25, -0.2) is 0 Å². The highest BCUT2D eigenvalue weighted by molar-refractivity contribution is 7.26. The molecular weight excluding hydrogens is 635 g/mol. The van der Waals surface area contributed by atoms with E-state index < -0.39 is 5.41 Å². The van der Waals surface area contributed by atoms with E-state index in [0.717, 1.165) is 17.1 Å².